The standard InChI is InChI=1S/C28H47FN2O8/c29-28-26(24-30-4-8-32-12-16-36-20-21-37-17-13-33-9-5-30)2-1-3-27(28)25-31-6-10-34-14-18-38-22-23-39-19-15-35-11-7-31/h1-3H,4-25H2. The van der Waals surface area contributed by atoms with Crippen LogP contribution < -0.4 is 0 Å². The fourth-order valence-corrected chi connectivity index (χ4v) is 4.20. The van der Waals surface area contributed by atoms with Gasteiger partial charge in [-0.15, -0.1) is 0 Å². The molecular weight excluding hydrogens is 511 g/mol. The third kappa shape index (κ3) is 14.8. The van der Waals surface area contributed by atoms with Crippen molar-refractivity contribution in [3.05, 3.63) is 35.1 Å². The molecule has 0 aromatic heterocycles. The van der Waals surface area contributed by atoms with E-state index in [2.05, 4.69) is 9.80 Å². The third-order valence-corrected chi connectivity index (χ3v) is 6.39. The average molecular weight is 559 g/mol. The van der Waals surface area contributed by atoms with Gasteiger partial charge in [0.15, 0.2) is 0 Å². The van der Waals surface area contributed by atoms with Crippen molar-refractivity contribution in [3.63, 3.8) is 0 Å². The highest BCUT2D eigenvalue weighted by Gasteiger charge is 2.16. The van der Waals surface area contributed by atoms with E-state index in [9.17, 15) is 0 Å². The summed E-state index contributed by atoms with van der Waals surface area (Å²) in [5.74, 6) is -0.170. The highest BCUT2D eigenvalue weighted by Crippen LogP contribution is 2.17. The molecule has 0 bridgehead atoms. The van der Waals surface area contributed by atoms with Crippen molar-refractivity contribution in [3.8, 4) is 0 Å². The Morgan fingerprint density at radius 3 is 0.974 bits per heavy atom. The molecule has 0 radical (unpaired) electrons. The normalized spacial score (nSPS) is 22.7. The summed E-state index contributed by atoms with van der Waals surface area (Å²) < 4.78 is 60.6. The Kier molecular flexibility index (Phi) is 17.8. The third-order valence-electron chi connectivity index (χ3n) is 6.39. The number of hydrogen-bond acceptors (Lipinski definition) is 10. The second kappa shape index (κ2) is 21.5. The predicted octanol–water partition coefficient (Wildman–Crippen LogP) is 1.59. The van der Waals surface area contributed by atoms with Crippen molar-refractivity contribution in [1.29, 1.82) is 0 Å². The quantitative estimate of drug-likeness (QED) is 0.544. The van der Waals surface area contributed by atoms with E-state index in [-0.39, 0.29) is 5.82 Å². The van der Waals surface area contributed by atoms with Crippen LogP contribution >= 0.6 is 0 Å². The van der Waals surface area contributed by atoms with Gasteiger partial charge in [0.1, 0.15) is 5.82 Å². The van der Waals surface area contributed by atoms with E-state index in [1.165, 1.54) is 0 Å². The molecule has 0 amide bonds. The van der Waals surface area contributed by atoms with Crippen LogP contribution in [0.5, 0.6) is 0 Å². The van der Waals surface area contributed by atoms with E-state index in [1.54, 1.807) is 0 Å². The van der Waals surface area contributed by atoms with Gasteiger partial charge in [0.2, 0.25) is 0 Å². The monoisotopic (exact) mass is 558 g/mol. The van der Waals surface area contributed by atoms with Gasteiger partial charge in [-0.1, -0.05) is 18.2 Å². The Morgan fingerprint density at radius 1 is 0.436 bits per heavy atom. The lowest BCUT2D eigenvalue weighted by atomic mass is 10.1. The molecule has 2 fully saturated rings. The number of ether oxygens (including phenoxy) is 8. The molecule has 1 aromatic rings. The first-order valence-electron chi connectivity index (χ1n) is 14.2. The molecule has 10 nitrogen and oxygen atoms in total. The van der Waals surface area contributed by atoms with E-state index >= 15 is 4.39 Å². The van der Waals surface area contributed by atoms with E-state index in [0.29, 0.717) is 156 Å². The molecule has 0 unspecified atom stereocenters. The van der Waals surface area contributed by atoms with Crippen molar-refractivity contribution in [2.45, 2.75) is 13.1 Å². The van der Waals surface area contributed by atoms with Crippen molar-refractivity contribution in [2.75, 3.05) is 132 Å². The molecule has 224 valence electrons. The molecule has 0 atom stereocenters. The summed E-state index contributed by atoms with van der Waals surface area (Å²) in [6.07, 6.45) is 0. The highest BCUT2D eigenvalue weighted by atomic mass is 19.1. The van der Waals surface area contributed by atoms with E-state index in [1.807, 2.05) is 18.2 Å². The smallest absolute Gasteiger partial charge is 0.132 e. The zero-order valence-corrected chi connectivity index (χ0v) is 23.3. The molecule has 2 saturated heterocycles. The summed E-state index contributed by atoms with van der Waals surface area (Å²) >= 11 is 0. The maximum Gasteiger partial charge on any atom is 0.132 e. The van der Waals surface area contributed by atoms with Crippen LogP contribution in [0.1, 0.15) is 11.1 Å². The van der Waals surface area contributed by atoms with E-state index < -0.39 is 0 Å². The Bertz CT molecular complexity index is 659. The molecule has 11 heteroatoms. The summed E-state index contributed by atoms with van der Waals surface area (Å²) in [5.41, 5.74) is 1.33. The van der Waals surface area contributed by atoms with E-state index in [4.69, 9.17) is 37.9 Å². The Hall–Kier alpha value is -1.25. The van der Waals surface area contributed by atoms with E-state index in [0.717, 1.165) is 0 Å². The van der Waals surface area contributed by atoms with Crippen LogP contribution in [0.2, 0.25) is 0 Å². The Balaban J connectivity index is 1.56. The molecule has 39 heavy (non-hydrogen) atoms. The van der Waals surface area contributed by atoms with Crippen molar-refractivity contribution >= 4 is 0 Å². The number of rotatable bonds is 4. The van der Waals surface area contributed by atoms with Crippen LogP contribution in [0.4, 0.5) is 4.39 Å². The molecule has 2 aliphatic rings. The number of halogens is 1. The lowest BCUT2D eigenvalue weighted by molar-refractivity contribution is 0.00206. The molecule has 2 aliphatic heterocycles. The van der Waals surface area contributed by atoms with Gasteiger partial charge in [0.25, 0.3) is 0 Å². The Morgan fingerprint density at radius 2 is 0.692 bits per heavy atom. The molecule has 3 rings (SSSR count). The van der Waals surface area contributed by atoms with Crippen molar-refractivity contribution in [2.24, 2.45) is 0 Å². The van der Waals surface area contributed by atoms with Crippen LogP contribution in [0.25, 0.3) is 0 Å². The van der Waals surface area contributed by atoms with Crippen LogP contribution in [-0.2, 0) is 51.0 Å². The van der Waals surface area contributed by atoms with Crippen molar-refractivity contribution < 1.29 is 42.3 Å². The minimum Gasteiger partial charge on any atom is -0.378 e. The molecule has 0 aliphatic carbocycles. The summed E-state index contributed by atoms with van der Waals surface area (Å²) in [7, 11) is 0. The Labute approximate surface area is 232 Å². The molecule has 2 heterocycles. The van der Waals surface area contributed by atoms with Crippen LogP contribution in [-0.4, -0.2) is 142 Å². The van der Waals surface area contributed by atoms with Gasteiger partial charge >= 0.3 is 0 Å². The van der Waals surface area contributed by atoms with Gasteiger partial charge in [0, 0.05) is 50.4 Å². The van der Waals surface area contributed by atoms with Gasteiger partial charge in [-0.2, -0.15) is 0 Å². The molecular formula is C28H47FN2O8. The van der Waals surface area contributed by atoms with Gasteiger partial charge in [-0.25, -0.2) is 4.39 Å². The highest BCUT2D eigenvalue weighted by molar-refractivity contribution is 5.26. The number of hydrogen-bond donors (Lipinski definition) is 0. The molecule has 0 N–H and O–H groups in total. The van der Waals surface area contributed by atoms with Gasteiger partial charge in [-0.05, 0) is 0 Å². The number of nitrogens with zero attached hydrogens (tertiary/aromatic N) is 2. The maximum atomic E-state index is 15.7. The first kappa shape index (κ1) is 32.3. The topological polar surface area (TPSA) is 80.3 Å². The SMILES string of the molecule is Fc1c(CN2CCOCCOCCOCCOCC2)cccc1CN1CCOCCOCCOCCOCC1. The molecule has 0 spiro atoms. The van der Waals surface area contributed by atoms with Crippen LogP contribution in [0, 0.1) is 5.82 Å². The minimum atomic E-state index is -0.170. The summed E-state index contributed by atoms with van der Waals surface area (Å²) in [6.45, 7) is 12.3. The fourth-order valence-electron chi connectivity index (χ4n) is 4.20. The fraction of sp³-hybridized carbons (Fsp3) is 0.786. The van der Waals surface area contributed by atoms with Crippen LogP contribution in [0.3, 0.4) is 0 Å². The lowest BCUT2D eigenvalue weighted by Gasteiger charge is -2.25. The predicted molar refractivity (Wildman–Crippen MR) is 144 cm³/mol. The van der Waals surface area contributed by atoms with Crippen LogP contribution in [0.15, 0.2) is 18.2 Å². The summed E-state index contributed by atoms with van der Waals surface area (Å²) in [6, 6.07) is 5.64. The largest absolute Gasteiger partial charge is 0.378 e. The second-order valence-electron chi connectivity index (χ2n) is 9.34. The number of benzene rings is 1. The second-order valence-corrected chi connectivity index (χ2v) is 9.34. The maximum absolute atomic E-state index is 15.7. The molecule has 1 aromatic carbocycles. The average Bonchev–Trinajstić information content (AvgIpc) is 2.96. The zero-order valence-electron chi connectivity index (χ0n) is 23.3. The first-order valence-corrected chi connectivity index (χ1v) is 14.2. The molecule has 0 saturated carbocycles. The van der Waals surface area contributed by atoms with Crippen molar-refractivity contribution in [1.82, 2.24) is 9.80 Å². The van der Waals surface area contributed by atoms with Gasteiger partial charge < -0.3 is 37.9 Å². The minimum absolute atomic E-state index is 0.170. The first-order chi connectivity index (χ1) is 19.3. The van der Waals surface area contributed by atoms with Gasteiger partial charge in [0.05, 0.1) is 106 Å². The summed E-state index contributed by atoms with van der Waals surface area (Å²) in [5, 5.41) is 0. The lowest BCUT2D eigenvalue weighted by Crippen LogP contribution is -2.33. The summed E-state index contributed by atoms with van der Waals surface area (Å²) in [4.78, 5) is 4.33. The van der Waals surface area contributed by atoms with Gasteiger partial charge in [-0.3, -0.25) is 9.80 Å². The zero-order chi connectivity index (χ0) is 27.2.